The molecule has 34 heavy (non-hydrogen) atoms. The number of nitrogens with zero attached hydrogens (tertiary/aromatic N) is 4. The van der Waals surface area contributed by atoms with Gasteiger partial charge in [-0.3, -0.25) is 4.79 Å². The molecule has 0 bridgehead atoms. The molecule has 1 fully saturated rings. The molecule has 4 heterocycles. The zero-order valence-electron chi connectivity index (χ0n) is 18.5. The van der Waals surface area contributed by atoms with E-state index >= 15 is 0 Å². The zero-order valence-corrected chi connectivity index (χ0v) is 18.5. The van der Waals surface area contributed by atoms with Crippen molar-refractivity contribution >= 4 is 40.1 Å². The number of imidazole rings is 1. The summed E-state index contributed by atoms with van der Waals surface area (Å²) in [5.41, 5.74) is 2.57. The maximum Gasteiger partial charge on any atom is 0.321 e. The van der Waals surface area contributed by atoms with Crippen LogP contribution in [0.5, 0.6) is 0 Å². The third-order valence-corrected chi connectivity index (χ3v) is 5.62. The number of aromatic nitrogens is 5. The zero-order chi connectivity index (χ0) is 23.3. The van der Waals surface area contributed by atoms with Gasteiger partial charge in [0.2, 0.25) is 5.95 Å². The number of fused-ring (bicyclic) bond motifs is 1. The first-order valence-electron chi connectivity index (χ1n) is 11.2. The molecule has 1 aliphatic heterocycles. The van der Waals surface area contributed by atoms with Crippen molar-refractivity contribution in [1.82, 2.24) is 29.8 Å². The Balaban J connectivity index is 1.37. The van der Waals surface area contributed by atoms with Gasteiger partial charge in [0.15, 0.2) is 0 Å². The van der Waals surface area contributed by atoms with Crippen molar-refractivity contribution in [3.05, 3.63) is 65.1 Å². The van der Waals surface area contributed by atoms with Crippen molar-refractivity contribution in [2.75, 3.05) is 35.6 Å². The van der Waals surface area contributed by atoms with Crippen molar-refractivity contribution in [3.8, 4) is 0 Å². The van der Waals surface area contributed by atoms with E-state index < -0.39 is 0 Å². The number of hydrogen-bond acceptors (Lipinski definition) is 7. The van der Waals surface area contributed by atoms with Crippen LogP contribution in [0.2, 0.25) is 0 Å². The van der Waals surface area contributed by atoms with Gasteiger partial charge in [-0.2, -0.15) is 4.98 Å². The molecule has 5 rings (SSSR count). The lowest BCUT2D eigenvalue weighted by Crippen LogP contribution is -2.32. The number of aromatic amines is 2. The highest BCUT2D eigenvalue weighted by atomic mass is 16.2. The molecule has 0 unspecified atom stereocenters. The molecule has 0 aliphatic carbocycles. The van der Waals surface area contributed by atoms with Crippen molar-refractivity contribution in [2.45, 2.75) is 19.3 Å². The number of rotatable bonds is 7. The van der Waals surface area contributed by atoms with Crippen LogP contribution >= 0.6 is 0 Å². The molecule has 174 valence electrons. The lowest BCUT2D eigenvalue weighted by atomic mass is 10.2. The highest BCUT2D eigenvalue weighted by molar-refractivity contribution is 5.92. The molecule has 4 aromatic rings. The molecular weight excluding hydrogens is 434 g/mol. The molecule has 3 aromatic heterocycles. The molecule has 1 saturated heterocycles. The number of carbonyl (C=O) groups excluding carboxylic acids is 1. The van der Waals surface area contributed by atoms with Gasteiger partial charge < -0.3 is 30.8 Å². The van der Waals surface area contributed by atoms with Gasteiger partial charge in [0.25, 0.3) is 5.56 Å². The molecular formula is C23H25N9O2. The summed E-state index contributed by atoms with van der Waals surface area (Å²) in [5, 5.41) is 9.72. The first-order valence-corrected chi connectivity index (χ1v) is 11.2. The molecule has 1 aromatic carbocycles. The second kappa shape index (κ2) is 9.61. The lowest BCUT2D eigenvalue weighted by molar-refractivity contribution is 0.222. The Bertz CT molecular complexity index is 1340. The number of hydrogen-bond donors (Lipinski definition) is 5. The lowest BCUT2D eigenvalue weighted by Gasteiger charge is -2.17. The van der Waals surface area contributed by atoms with Crippen LogP contribution in [0.25, 0.3) is 10.9 Å². The van der Waals surface area contributed by atoms with Crippen LogP contribution in [0, 0.1) is 0 Å². The van der Waals surface area contributed by atoms with E-state index in [4.69, 9.17) is 0 Å². The van der Waals surface area contributed by atoms with Crippen LogP contribution in [0.15, 0.2) is 53.8 Å². The Morgan fingerprint density at radius 1 is 1.09 bits per heavy atom. The van der Waals surface area contributed by atoms with Gasteiger partial charge in [-0.1, -0.05) is 6.07 Å². The van der Waals surface area contributed by atoms with E-state index in [-0.39, 0.29) is 11.6 Å². The minimum atomic E-state index is -0.289. The summed E-state index contributed by atoms with van der Waals surface area (Å²) in [6, 6.07) is 8.94. The van der Waals surface area contributed by atoms with Gasteiger partial charge >= 0.3 is 6.03 Å². The topological polar surface area (TPSA) is 144 Å². The summed E-state index contributed by atoms with van der Waals surface area (Å²) in [7, 11) is 0. The second-order valence-electron chi connectivity index (χ2n) is 8.05. The van der Waals surface area contributed by atoms with Crippen molar-refractivity contribution in [2.24, 2.45) is 0 Å². The van der Waals surface area contributed by atoms with Gasteiger partial charge in [-0.15, -0.1) is 0 Å². The minimum absolute atomic E-state index is 0.109. The fourth-order valence-electron chi connectivity index (χ4n) is 3.93. The number of anilines is 4. The number of nitrogens with one attached hydrogen (secondary N) is 5. The first-order chi connectivity index (χ1) is 16.7. The first kappa shape index (κ1) is 21.4. The summed E-state index contributed by atoms with van der Waals surface area (Å²) in [6.07, 6.45) is 7.75. The minimum Gasteiger partial charge on any atom is -0.354 e. The Hall–Kier alpha value is -4.41. The van der Waals surface area contributed by atoms with E-state index in [9.17, 15) is 9.59 Å². The maximum absolute atomic E-state index is 12.6. The molecule has 11 heteroatoms. The number of carbonyl (C=O) groups is 1. The average Bonchev–Trinajstić information content (AvgIpc) is 3.54. The van der Waals surface area contributed by atoms with Crippen molar-refractivity contribution in [3.63, 3.8) is 0 Å². The smallest absolute Gasteiger partial charge is 0.321 e. The van der Waals surface area contributed by atoms with Gasteiger partial charge in [0.1, 0.15) is 11.2 Å². The van der Waals surface area contributed by atoms with Crippen LogP contribution in [-0.2, 0) is 6.42 Å². The highest BCUT2D eigenvalue weighted by Crippen LogP contribution is 2.24. The van der Waals surface area contributed by atoms with Gasteiger partial charge in [-0.05, 0) is 37.1 Å². The molecule has 2 amide bonds. The Morgan fingerprint density at radius 2 is 1.94 bits per heavy atom. The fraction of sp³-hybridized carbons (Fsp3) is 0.261. The quantitative estimate of drug-likeness (QED) is 0.286. The number of likely N-dealkylation sites (tertiary alicyclic amines) is 1. The summed E-state index contributed by atoms with van der Waals surface area (Å²) < 4.78 is 0. The number of amides is 2. The second-order valence-corrected chi connectivity index (χ2v) is 8.05. The fourth-order valence-corrected chi connectivity index (χ4v) is 3.93. The average molecular weight is 460 g/mol. The molecule has 5 N–H and O–H groups in total. The van der Waals surface area contributed by atoms with E-state index in [0.29, 0.717) is 40.6 Å². The molecule has 0 spiro atoms. The number of urea groups is 1. The molecule has 0 atom stereocenters. The largest absolute Gasteiger partial charge is 0.354 e. The summed E-state index contributed by atoms with van der Waals surface area (Å²) in [4.78, 5) is 45.6. The SMILES string of the molecule is O=C(Nc1cccc(Nc2nc(NCCc3cnc[nH]3)nc3cc[nH]c(=O)c23)c1)N1CCCC1. The van der Waals surface area contributed by atoms with Crippen molar-refractivity contribution in [1.29, 1.82) is 0 Å². The Labute approximate surface area is 195 Å². The molecule has 1 aliphatic rings. The van der Waals surface area contributed by atoms with Gasteiger partial charge in [0, 0.05) is 55.5 Å². The maximum atomic E-state index is 12.6. The van der Waals surface area contributed by atoms with Gasteiger partial charge in [0.05, 0.1) is 11.8 Å². The predicted octanol–water partition coefficient (Wildman–Crippen LogP) is 3.07. The third kappa shape index (κ3) is 4.82. The van der Waals surface area contributed by atoms with Crippen LogP contribution < -0.4 is 21.5 Å². The number of H-pyrrole nitrogens is 2. The third-order valence-electron chi connectivity index (χ3n) is 5.62. The van der Waals surface area contributed by atoms with Crippen LogP contribution in [0.3, 0.4) is 0 Å². The van der Waals surface area contributed by atoms with E-state index in [1.165, 1.54) is 0 Å². The Kier molecular flexibility index (Phi) is 6.06. The summed E-state index contributed by atoms with van der Waals surface area (Å²) in [6.45, 7) is 2.14. The van der Waals surface area contributed by atoms with Crippen LogP contribution in [0.1, 0.15) is 18.5 Å². The normalized spacial score (nSPS) is 13.2. The summed E-state index contributed by atoms with van der Waals surface area (Å²) in [5.74, 6) is 0.775. The monoisotopic (exact) mass is 459 g/mol. The van der Waals surface area contributed by atoms with Crippen molar-refractivity contribution < 1.29 is 4.79 Å². The van der Waals surface area contributed by atoms with Crippen LogP contribution in [-0.4, -0.2) is 55.5 Å². The molecule has 11 nitrogen and oxygen atoms in total. The van der Waals surface area contributed by atoms with E-state index in [0.717, 1.165) is 38.0 Å². The van der Waals surface area contributed by atoms with Crippen LogP contribution in [0.4, 0.5) is 27.9 Å². The number of pyridine rings is 1. The summed E-state index contributed by atoms with van der Waals surface area (Å²) >= 11 is 0. The number of benzene rings is 1. The molecule has 0 saturated carbocycles. The standard InChI is InChI=1S/C23H25N9O2/c33-21-19-18(7-9-25-21)30-22(26-8-6-17-13-24-14-27-17)31-20(19)28-15-4-3-5-16(12-15)29-23(34)32-10-1-2-11-32/h3-5,7,9,12-14H,1-2,6,8,10-11H2,(H,24,27)(H,25,33)(H,29,34)(H2,26,28,30,31). The Morgan fingerprint density at radius 3 is 2.76 bits per heavy atom. The van der Waals surface area contributed by atoms with E-state index in [2.05, 4.69) is 40.9 Å². The highest BCUT2D eigenvalue weighted by Gasteiger charge is 2.18. The van der Waals surface area contributed by atoms with E-state index in [1.54, 1.807) is 29.7 Å². The van der Waals surface area contributed by atoms with E-state index in [1.807, 2.05) is 24.3 Å². The van der Waals surface area contributed by atoms with Gasteiger partial charge in [-0.25, -0.2) is 14.8 Å². The predicted molar refractivity (Wildman–Crippen MR) is 130 cm³/mol. The molecule has 0 radical (unpaired) electrons.